The number of nitrogens with one attached hydrogen (secondary N) is 1. The van der Waals surface area contributed by atoms with Crippen LogP contribution in [-0.4, -0.2) is 10.8 Å². The van der Waals surface area contributed by atoms with E-state index in [1.165, 1.54) is 0 Å². The maximum absolute atomic E-state index is 6.92. The van der Waals surface area contributed by atoms with Crippen LogP contribution in [0.1, 0.15) is 0 Å². The van der Waals surface area contributed by atoms with Gasteiger partial charge in [0.1, 0.15) is 0 Å². The molecular weight excluding hydrogens is 94.1 g/mol. The summed E-state index contributed by atoms with van der Waals surface area (Å²) in [6.45, 7) is 0. The number of thioether (sulfide) groups is 1. The van der Waals surface area contributed by atoms with Gasteiger partial charge in [0.25, 0.3) is 0 Å². The first kappa shape index (κ1) is 3.93. The fourth-order valence-corrected chi connectivity index (χ4v) is 0.906. The monoisotopic (exact) mass is 99.0 g/mol. The summed E-state index contributed by atoms with van der Waals surface area (Å²) >= 11 is 1.57. The number of hydrogen-bond acceptors (Lipinski definition) is 2. The van der Waals surface area contributed by atoms with E-state index in [1.54, 1.807) is 11.8 Å². The lowest BCUT2D eigenvalue weighted by Crippen LogP contribution is -1.70. The Labute approximate surface area is 40.9 Å². The summed E-state index contributed by atoms with van der Waals surface area (Å²) in [7, 11) is 0. The SMILES string of the molecule is N=C1C=CCS1. The normalized spacial score (nSPS) is 19.7. The summed E-state index contributed by atoms with van der Waals surface area (Å²) in [5, 5.41) is 7.61. The minimum atomic E-state index is 0.690. The molecule has 0 aromatic heterocycles. The third kappa shape index (κ3) is 0.627. The molecule has 0 unspecified atom stereocenters. The van der Waals surface area contributed by atoms with E-state index < -0.39 is 0 Å². The predicted molar refractivity (Wildman–Crippen MR) is 29.3 cm³/mol. The van der Waals surface area contributed by atoms with Crippen molar-refractivity contribution in [2.45, 2.75) is 0 Å². The van der Waals surface area contributed by atoms with Gasteiger partial charge in [-0.2, -0.15) is 0 Å². The largest absolute Gasteiger partial charge is 0.294 e. The molecule has 2 heteroatoms. The van der Waals surface area contributed by atoms with Crippen molar-refractivity contribution in [2.75, 3.05) is 5.75 Å². The molecule has 0 fully saturated rings. The lowest BCUT2D eigenvalue weighted by Gasteiger charge is -1.76. The molecule has 1 N–H and O–H groups in total. The molecule has 0 aromatic rings. The molecule has 0 bridgehead atoms. The van der Waals surface area contributed by atoms with Crippen molar-refractivity contribution in [2.24, 2.45) is 0 Å². The average molecular weight is 99.2 g/mol. The molecule has 1 heterocycles. The van der Waals surface area contributed by atoms with Gasteiger partial charge in [0.15, 0.2) is 0 Å². The van der Waals surface area contributed by atoms with Crippen LogP contribution < -0.4 is 0 Å². The van der Waals surface area contributed by atoms with E-state index in [1.807, 2.05) is 12.2 Å². The first-order valence-electron chi connectivity index (χ1n) is 1.77. The van der Waals surface area contributed by atoms with Gasteiger partial charge in [0.2, 0.25) is 0 Å². The Kier molecular flexibility index (Phi) is 0.965. The van der Waals surface area contributed by atoms with E-state index in [4.69, 9.17) is 5.41 Å². The second-order valence-electron chi connectivity index (χ2n) is 1.08. The Morgan fingerprint density at radius 2 is 2.67 bits per heavy atom. The van der Waals surface area contributed by atoms with E-state index in [0.29, 0.717) is 5.04 Å². The third-order valence-electron chi connectivity index (χ3n) is 0.604. The smallest absolute Gasteiger partial charge is 0.0870 e. The van der Waals surface area contributed by atoms with Gasteiger partial charge in [0, 0.05) is 5.75 Å². The molecule has 0 atom stereocenters. The van der Waals surface area contributed by atoms with Gasteiger partial charge in [0.05, 0.1) is 5.04 Å². The number of hydrogen-bond donors (Lipinski definition) is 1. The summed E-state index contributed by atoms with van der Waals surface area (Å²) in [5.41, 5.74) is 0. The minimum absolute atomic E-state index is 0.690. The maximum atomic E-state index is 6.92. The highest BCUT2D eigenvalue weighted by molar-refractivity contribution is 8.14. The van der Waals surface area contributed by atoms with Crippen LogP contribution in [0.3, 0.4) is 0 Å². The highest BCUT2D eigenvalue weighted by Crippen LogP contribution is 2.09. The van der Waals surface area contributed by atoms with Gasteiger partial charge in [-0.3, -0.25) is 5.41 Å². The molecule has 0 amide bonds. The molecule has 1 rings (SSSR count). The molecule has 1 nitrogen and oxygen atoms in total. The molecule has 6 heavy (non-hydrogen) atoms. The Morgan fingerprint density at radius 1 is 1.83 bits per heavy atom. The van der Waals surface area contributed by atoms with Gasteiger partial charge < -0.3 is 0 Å². The van der Waals surface area contributed by atoms with Crippen molar-refractivity contribution in [1.82, 2.24) is 0 Å². The first-order valence-corrected chi connectivity index (χ1v) is 2.76. The summed E-state index contributed by atoms with van der Waals surface area (Å²) in [4.78, 5) is 0. The van der Waals surface area contributed by atoms with E-state index in [9.17, 15) is 0 Å². The van der Waals surface area contributed by atoms with Crippen LogP contribution in [-0.2, 0) is 0 Å². The minimum Gasteiger partial charge on any atom is -0.294 e. The second kappa shape index (κ2) is 1.47. The van der Waals surface area contributed by atoms with Gasteiger partial charge in [-0.05, 0) is 6.08 Å². The highest BCUT2D eigenvalue weighted by Gasteiger charge is 1.94. The average Bonchev–Trinajstić information content (AvgIpc) is 1.86. The molecule has 1 aliphatic heterocycles. The van der Waals surface area contributed by atoms with Crippen LogP contribution in [0.4, 0.5) is 0 Å². The van der Waals surface area contributed by atoms with Gasteiger partial charge in [-0.25, -0.2) is 0 Å². The molecule has 0 spiro atoms. The van der Waals surface area contributed by atoms with Crippen LogP contribution in [0.15, 0.2) is 12.2 Å². The van der Waals surface area contributed by atoms with Crippen molar-refractivity contribution in [3.05, 3.63) is 12.2 Å². The van der Waals surface area contributed by atoms with E-state index in [2.05, 4.69) is 0 Å². The molecule has 32 valence electrons. The zero-order chi connectivity index (χ0) is 4.41. The fourth-order valence-electron chi connectivity index (χ4n) is 0.341. The standard InChI is InChI=1S/C4H5NS/c5-4-2-1-3-6-4/h1-2,5H,3H2. The highest BCUT2D eigenvalue weighted by atomic mass is 32.2. The molecule has 0 saturated carbocycles. The molecular formula is C4H5NS. The van der Waals surface area contributed by atoms with E-state index in [-0.39, 0.29) is 0 Å². The van der Waals surface area contributed by atoms with Crippen LogP contribution in [0.5, 0.6) is 0 Å². The van der Waals surface area contributed by atoms with Crippen molar-refractivity contribution in [1.29, 1.82) is 5.41 Å². The quantitative estimate of drug-likeness (QED) is 0.485. The second-order valence-corrected chi connectivity index (χ2v) is 2.14. The zero-order valence-electron chi connectivity index (χ0n) is 3.27. The van der Waals surface area contributed by atoms with E-state index >= 15 is 0 Å². The summed E-state index contributed by atoms with van der Waals surface area (Å²) in [6.07, 6.45) is 3.82. The molecule has 0 aliphatic carbocycles. The topological polar surface area (TPSA) is 23.9 Å². The predicted octanol–water partition coefficient (Wildman–Crippen LogP) is 1.27. The first-order chi connectivity index (χ1) is 2.89. The molecule has 1 aliphatic rings. The van der Waals surface area contributed by atoms with E-state index in [0.717, 1.165) is 5.75 Å². The van der Waals surface area contributed by atoms with Crippen molar-refractivity contribution in [3.63, 3.8) is 0 Å². The number of rotatable bonds is 0. The summed E-state index contributed by atoms with van der Waals surface area (Å²) in [5.74, 6) is 0.999. The Hall–Kier alpha value is -0.240. The lowest BCUT2D eigenvalue weighted by atomic mass is 10.6. The fraction of sp³-hybridized carbons (Fsp3) is 0.250. The van der Waals surface area contributed by atoms with Crippen molar-refractivity contribution < 1.29 is 0 Å². The Morgan fingerprint density at radius 3 is 2.83 bits per heavy atom. The van der Waals surface area contributed by atoms with Gasteiger partial charge in [-0.1, -0.05) is 6.08 Å². The van der Waals surface area contributed by atoms with Crippen LogP contribution >= 0.6 is 11.8 Å². The third-order valence-corrected chi connectivity index (χ3v) is 1.41. The summed E-state index contributed by atoms with van der Waals surface area (Å²) < 4.78 is 0. The molecule has 0 radical (unpaired) electrons. The van der Waals surface area contributed by atoms with Crippen molar-refractivity contribution >= 4 is 16.8 Å². The van der Waals surface area contributed by atoms with Crippen LogP contribution in [0.2, 0.25) is 0 Å². The van der Waals surface area contributed by atoms with Gasteiger partial charge in [-0.15, -0.1) is 11.8 Å². The van der Waals surface area contributed by atoms with Crippen LogP contribution in [0.25, 0.3) is 0 Å². The molecule has 0 saturated heterocycles. The summed E-state index contributed by atoms with van der Waals surface area (Å²) in [6, 6.07) is 0. The zero-order valence-corrected chi connectivity index (χ0v) is 4.09. The Balaban J connectivity index is 2.59. The maximum Gasteiger partial charge on any atom is 0.0870 e. The van der Waals surface area contributed by atoms with Crippen LogP contribution in [0, 0.1) is 5.41 Å². The Bertz CT molecular complexity index is 95.7. The molecule has 0 aromatic carbocycles. The van der Waals surface area contributed by atoms with Crippen molar-refractivity contribution in [3.8, 4) is 0 Å². The van der Waals surface area contributed by atoms with Gasteiger partial charge >= 0.3 is 0 Å². The lowest BCUT2D eigenvalue weighted by molar-refractivity contribution is 1.57.